The maximum atomic E-state index is 12.4. The normalized spacial score (nSPS) is 24.6. The fraction of sp³-hybridized carbons (Fsp3) is 0.750. The van der Waals surface area contributed by atoms with Crippen molar-refractivity contribution in [3.63, 3.8) is 0 Å². The van der Waals surface area contributed by atoms with Crippen molar-refractivity contribution >= 4 is 5.91 Å². The van der Waals surface area contributed by atoms with Gasteiger partial charge in [-0.3, -0.25) is 14.4 Å². The Morgan fingerprint density at radius 2 is 2.26 bits per heavy atom. The van der Waals surface area contributed by atoms with Gasteiger partial charge in [0.05, 0.1) is 19.2 Å². The van der Waals surface area contributed by atoms with Crippen LogP contribution in [-0.2, 0) is 11.3 Å². The molecule has 1 saturated heterocycles. The Balaban J connectivity index is 1.58. The van der Waals surface area contributed by atoms with Crippen LogP contribution in [0.4, 0.5) is 0 Å². The number of amides is 1. The van der Waals surface area contributed by atoms with E-state index in [2.05, 4.69) is 26.4 Å². The van der Waals surface area contributed by atoms with Crippen molar-refractivity contribution in [3.8, 4) is 6.07 Å². The van der Waals surface area contributed by atoms with Gasteiger partial charge >= 0.3 is 0 Å². The van der Waals surface area contributed by atoms with Gasteiger partial charge in [-0.1, -0.05) is 6.42 Å². The summed E-state index contributed by atoms with van der Waals surface area (Å²) < 4.78 is 1.82. The molecule has 2 heterocycles. The van der Waals surface area contributed by atoms with Gasteiger partial charge in [0, 0.05) is 6.04 Å². The topological polar surface area (TPSA) is 86.8 Å². The van der Waals surface area contributed by atoms with E-state index in [0.29, 0.717) is 18.5 Å². The van der Waals surface area contributed by atoms with E-state index < -0.39 is 5.54 Å². The number of hydrogen-bond acceptors (Lipinski definition) is 5. The van der Waals surface area contributed by atoms with Crippen LogP contribution in [0, 0.1) is 17.2 Å². The minimum absolute atomic E-state index is 0.0496. The predicted molar refractivity (Wildman–Crippen MR) is 84.1 cm³/mol. The van der Waals surface area contributed by atoms with Crippen molar-refractivity contribution in [1.29, 1.82) is 5.26 Å². The molecule has 0 bridgehead atoms. The molecular formula is C16H24N6O. The van der Waals surface area contributed by atoms with E-state index in [1.807, 2.05) is 11.6 Å². The highest BCUT2D eigenvalue weighted by Crippen LogP contribution is 2.39. The van der Waals surface area contributed by atoms with Crippen LogP contribution in [-0.4, -0.2) is 50.2 Å². The Bertz CT molecular complexity index is 576. The zero-order valence-corrected chi connectivity index (χ0v) is 13.6. The number of nitrogens with one attached hydrogen (secondary N) is 1. The second-order valence-electron chi connectivity index (χ2n) is 6.87. The number of likely N-dealkylation sites (tertiary alicyclic amines) is 1. The fourth-order valence-electron chi connectivity index (χ4n) is 3.41. The van der Waals surface area contributed by atoms with Gasteiger partial charge in [0.1, 0.15) is 18.2 Å². The van der Waals surface area contributed by atoms with Gasteiger partial charge in [0.15, 0.2) is 0 Å². The third-order valence-corrected chi connectivity index (χ3v) is 4.99. The van der Waals surface area contributed by atoms with Crippen LogP contribution in [0.15, 0.2) is 12.7 Å². The van der Waals surface area contributed by atoms with Crippen molar-refractivity contribution in [3.05, 3.63) is 12.7 Å². The highest BCUT2D eigenvalue weighted by molar-refractivity contribution is 5.79. The smallest absolute Gasteiger partial charge is 0.235 e. The lowest BCUT2D eigenvalue weighted by Gasteiger charge is -2.35. The first kappa shape index (κ1) is 15.9. The second kappa shape index (κ2) is 6.67. The molecule has 1 aromatic rings. The average molecular weight is 316 g/mol. The minimum atomic E-state index is -0.714. The van der Waals surface area contributed by atoms with Gasteiger partial charge in [-0.25, -0.2) is 4.98 Å². The first-order valence-corrected chi connectivity index (χ1v) is 8.39. The highest BCUT2D eigenvalue weighted by Gasteiger charge is 2.43. The number of rotatable bonds is 6. The first-order valence-electron chi connectivity index (χ1n) is 8.39. The zero-order valence-electron chi connectivity index (χ0n) is 13.6. The zero-order chi connectivity index (χ0) is 16.3. The molecule has 3 rings (SSSR count). The van der Waals surface area contributed by atoms with E-state index in [1.165, 1.54) is 12.7 Å². The molecule has 1 aromatic heterocycles. The molecule has 2 atom stereocenters. The van der Waals surface area contributed by atoms with Gasteiger partial charge in [0.2, 0.25) is 5.91 Å². The summed E-state index contributed by atoms with van der Waals surface area (Å²) in [6, 6.07) is 2.58. The molecule has 1 aliphatic heterocycles. The van der Waals surface area contributed by atoms with Gasteiger partial charge in [-0.2, -0.15) is 10.4 Å². The molecule has 1 saturated carbocycles. The fourth-order valence-corrected chi connectivity index (χ4v) is 3.41. The Kier molecular flexibility index (Phi) is 4.62. The van der Waals surface area contributed by atoms with Gasteiger partial charge in [-0.05, 0) is 45.1 Å². The summed E-state index contributed by atoms with van der Waals surface area (Å²) in [7, 11) is 0. The maximum Gasteiger partial charge on any atom is 0.235 e. The van der Waals surface area contributed by atoms with Crippen molar-refractivity contribution in [2.24, 2.45) is 5.92 Å². The molecule has 2 aliphatic rings. The van der Waals surface area contributed by atoms with Gasteiger partial charge in [-0.15, -0.1) is 0 Å². The summed E-state index contributed by atoms with van der Waals surface area (Å²) in [6.45, 7) is 3.86. The molecule has 2 fully saturated rings. The monoisotopic (exact) mass is 316 g/mol. The van der Waals surface area contributed by atoms with Crippen molar-refractivity contribution < 1.29 is 4.79 Å². The number of hydrogen-bond donors (Lipinski definition) is 1. The number of nitriles is 1. The Hall–Kier alpha value is -1.94. The molecule has 0 radical (unpaired) electrons. The van der Waals surface area contributed by atoms with Gasteiger partial charge in [0.25, 0.3) is 0 Å². The quantitative estimate of drug-likeness (QED) is 0.844. The van der Waals surface area contributed by atoms with E-state index in [4.69, 9.17) is 0 Å². The molecule has 2 unspecified atom stereocenters. The molecule has 23 heavy (non-hydrogen) atoms. The molecule has 1 N–H and O–H groups in total. The average Bonchev–Trinajstić information content (AvgIpc) is 3.28. The molecule has 7 nitrogen and oxygen atoms in total. The molecule has 1 amide bonds. The summed E-state index contributed by atoms with van der Waals surface area (Å²) in [6.07, 6.45) is 8.66. The number of aromatic nitrogens is 3. The number of carbonyl (C=O) groups excluding carboxylic acids is 1. The highest BCUT2D eigenvalue weighted by atomic mass is 16.2. The van der Waals surface area contributed by atoms with Crippen LogP contribution in [0.1, 0.15) is 39.0 Å². The van der Waals surface area contributed by atoms with Crippen LogP contribution < -0.4 is 5.32 Å². The van der Waals surface area contributed by atoms with E-state index in [1.54, 1.807) is 6.33 Å². The lowest BCUT2D eigenvalue weighted by molar-refractivity contribution is -0.124. The molecule has 0 aromatic carbocycles. The van der Waals surface area contributed by atoms with Crippen LogP contribution in [0.5, 0.6) is 0 Å². The lowest BCUT2D eigenvalue weighted by Crippen LogP contribution is -2.53. The minimum Gasteiger partial charge on any atom is -0.337 e. The number of nitrogens with zero attached hydrogens (tertiary/aromatic N) is 5. The van der Waals surface area contributed by atoms with Crippen molar-refractivity contribution in [2.75, 3.05) is 13.1 Å². The maximum absolute atomic E-state index is 12.4. The van der Waals surface area contributed by atoms with Crippen LogP contribution >= 0.6 is 0 Å². The van der Waals surface area contributed by atoms with E-state index in [-0.39, 0.29) is 5.91 Å². The summed E-state index contributed by atoms with van der Waals surface area (Å²) in [5.74, 6) is 0.259. The first-order chi connectivity index (χ1) is 11.1. The third-order valence-electron chi connectivity index (χ3n) is 4.99. The summed E-state index contributed by atoms with van der Waals surface area (Å²) >= 11 is 0. The van der Waals surface area contributed by atoms with E-state index >= 15 is 0 Å². The second-order valence-corrected chi connectivity index (χ2v) is 6.87. The van der Waals surface area contributed by atoms with Crippen molar-refractivity contribution in [1.82, 2.24) is 25.0 Å². The number of carbonyl (C=O) groups is 1. The predicted octanol–water partition coefficient (Wildman–Crippen LogP) is 0.941. The Morgan fingerprint density at radius 3 is 2.91 bits per heavy atom. The standard InChI is InChI=1S/C16H24N6O/c1-16(10-17,13-5-6-13)20-15(23)9-21-7-3-2-4-14(21)8-22-12-18-11-19-22/h11-14H,2-9H2,1H3,(H,20,23). The van der Waals surface area contributed by atoms with E-state index in [0.717, 1.165) is 38.8 Å². The molecule has 1 aliphatic carbocycles. The van der Waals surface area contributed by atoms with Gasteiger partial charge < -0.3 is 5.32 Å². The van der Waals surface area contributed by atoms with Crippen LogP contribution in [0.3, 0.4) is 0 Å². The molecule has 124 valence electrons. The lowest BCUT2D eigenvalue weighted by atomic mass is 9.97. The SMILES string of the molecule is CC(C#N)(NC(=O)CN1CCCCC1Cn1cncn1)C1CC1. The summed E-state index contributed by atoms with van der Waals surface area (Å²) in [5, 5.41) is 16.5. The molecule has 0 spiro atoms. The van der Waals surface area contributed by atoms with E-state index in [9.17, 15) is 10.1 Å². The van der Waals surface area contributed by atoms with Crippen LogP contribution in [0.25, 0.3) is 0 Å². The largest absolute Gasteiger partial charge is 0.337 e. The Morgan fingerprint density at radius 1 is 1.43 bits per heavy atom. The molecule has 7 heteroatoms. The summed E-state index contributed by atoms with van der Waals surface area (Å²) in [4.78, 5) is 18.6. The van der Waals surface area contributed by atoms with Crippen LogP contribution in [0.2, 0.25) is 0 Å². The molecular weight excluding hydrogens is 292 g/mol. The van der Waals surface area contributed by atoms with Crippen molar-refractivity contribution in [2.45, 2.75) is 57.2 Å². The summed E-state index contributed by atoms with van der Waals surface area (Å²) in [5.41, 5.74) is -0.714. The Labute approximate surface area is 136 Å². The third kappa shape index (κ3) is 3.88. The number of piperidine rings is 1.